The number of amides is 2. The molecule has 4 nitrogen and oxygen atoms in total. The van der Waals surface area contributed by atoms with Crippen LogP contribution in [0.1, 0.15) is 18.2 Å². The molecule has 2 N–H and O–H groups in total. The highest BCUT2D eigenvalue weighted by Crippen LogP contribution is 2.15. The van der Waals surface area contributed by atoms with Gasteiger partial charge in [0.25, 0.3) is 0 Å². The summed E-state index contributed by atoms with van der Waals surface area (Å²) in [4.78, 5) is 15.8. The van der Waals surface area contributed by atoms with E-state index in [1.807, 2.05) is 12.3 Å². The Balaban J connectivity index is 1.84. The van der Waals surface area contributed by atoms with Crippen molar-refractivity contribution in [1.29, 1.82) is 0 Å². The van der Waals surface area contributed by atoms with Gasteiger partial charge < -0.3 is 5.32 Å². The lowest BCUT2D eigenvalue weighted by Crippen LogP contribution is -2.28. The van der Waals surface area contributed by atoms with Gasteiger partial charge in [0, 0.05) is 11.9 Å². The lowest BCUT2D eigenvalue weighted by atomic mass is 10.2. The Morgan fingerprint density at radius 3 is 3.00 bits per heavy atom. The van der Waals surface area contributed by atoms with Gasteiger partial charge >= 0.3 is 6.03 Å². The number of hydrogen-bond donors (Lipinski definition) is 2. The molecule has 0 atom stereocenters. The summed E-state index contributed by atoms with van der Waals surface area (Å²) < 4.78 is 12.9. The average molecular weight is 279 g/mol. The number of thiazole rings is 1. The van der Waals surface area contributed by atoms with Crippen LogP contribution in [0.4, 0.5) is 14.3 Å². The van der Waals surface area contributed by atoms with E-state index in [0.29, 0.717) is 10.7 Å². The van der Waals surface area contributed by atoms with Crippen LogP contribution < -0.4 is 10.6 Å². The summed E-state index contributed by atoms with van der Waals surface area (Å²) >= 11 is 1.38. The van der Waals surface area contributed by atoms with Gasteiger partial charge in [0.2, 0.25) is 0 Å². The van der Waals surface area contributed by atoms with E-state index in [1.165, 1.54) is 23.5 Å². The zero-order chi connectivity index (χ0) is 13.7. The van der Waals surface area contributed by atoms with Crippen molar-refractivity contribution in [3.63, 3.8) is 0 Å². The topological polar surface area (TPSA) is 54.0 Å². The minimum absolute atomic E-state index is 0.273. The van der Waals surface area contributed by atoms with E-state index >= 15 is 0 Å². The molecule has 100 valence electrons. The second-order valence-corrected chi connectivity index (χ2v) is 4.79. The third-order valence-electron chi connectivity index (χ3n) is 2.48. The van der Waals surface area contributed by atoms with Gasteiger partial charge in [-0.15, -0.1) is 11.3 Å². The Morgan fingerprint density at radius 1 is 1.47 bits per heavy atom. The molecular weight excluding hydrogens is 265 g/mol. The van der Waals surface area contributed by atoms with E-state index in [4.69, 9.17) is 0 Å². The highest BCUT2D eigenvalue weighted by Gasteiger charge is 2.05. The summed E-state index contributed by atoms with van der Waals surface area (Å²) in [5.41, 5.74) is 1.66. The van der Waals surface area contributed by atoms with Crippen molar-refractivity contribution in [3.05, 3.63) is 46.7 Å². The first-order valence-corrected chi connectivity index (χ1v) is 6.79. The first-order valence-electron chi connectivity index (χ1n) is 5.91. The van der Waals surface area contributed by atoms with E-state index < -0.39 is 0 Å². The number of nitrogens with zero attached hydrogens (tertiary/aromatic N) is 1. The number of aryl methyl sites for hydroxylation is 1. The number of aromatic nitrogens is 1. The number of nitrogens with one attached hydrogen (secondary N) is 2. The molecule has 0 bridgehead atoms. The van der Waals surface area contributed by atoms with E-state index in [-0.39, 0.29) is 18.4 Å². The van der Waals surface area contributed by atoms with Crippen LogP contribution in [-0.2, 0) is 13.0 Å². The lowest BCUT2D eigenvalue weighted by molar-refractivity contribution is 0.251. The van der Waals surface area contributed by atoms with E-state index in [9.17, 15) is 9.18 Å². The number of benzene rings is 1. The molecular formula is C13H14FN3OS. The first-order chi connectivity index (χ1) is 9.17. The molecule has 0 aliphatic heterocycles. The molecule has 1 aromatic heterocycles. The third kappa shape index (κ3) is 4.03. The fraction of sp³-hybridized carbons (Fsp3) is 0.231. The number of urea groups is 1. The van der Waals surface area contributed by atoms with Gasteiger partial charge in [-0.05, 0) is 24.1 Å². The molecule has 0 spiro atoms. The monoisotopic (exact) mass is 279 g/mol. The van der Waals surface area contributed by atoms with E-state index in [0.717, 1.165) is 12.1 Å². The largest absolute Gasteiger partial charge is 0.334 e. The summed E-state index contributed by atoms with van der Waals surface area (Å²) in [5, 5.41) is 7.77. The van der Waals surface area contributed by atoms with E-state index in [1.54, 1.807) is 12.1 Å². The van der Waals surface area contributed by atoms with Gasteiger partial charge in [-0.25, -0.2) is 14.2 Å². The smallest absolute Gasteiger partial charge is 0.321 e. The van der Waals surface area contributed by atoms with Gasteiger partial charge in [-0.1, -0.05) is 19.1 Å². The van der Waals surface area contributed by atoms with Gasteiger partial charge in [0.05, 0.1) is 5.69 Å². The predicted octanol–water partition coefficient (Wildman–Crippen LogP) is 3.17. The summed E-state index contributed by atoms with van der Waals surface area (Å²) in [5.74, 6) is -0.313. The van der Waals surface area contributed by atoms with Crippen LogP contribution in [0.3, 0.4) is 0 Å². The second kappa shape index (κ2) is 6.29. The molecule has 1 aromatic carbocycles. The maximum absolute atomic E-state index is 12.9. The molecule has 19 heavy (non-hydrogen) atoms. The Morgan fingerprint density at radius 2 is 2.32 bits per heavy atom. The maximum Gasteiger partial charge on any atom is 0.321 e. The van der Waals surface area contributed by atoms with Gasteiger partial charge in [0.1, 0.15) is 5.82 Å². The molecule has 2 amide bonds. The van der Waals surface area contributed by atoms with Crippen LogP contribution in [0.5, 0.6) is 0 Å². The molecule has 2 aromatic rings. The molecule has 2 rings (SSSR count). The minimum atomic E-state index is -0.346. The molecule has 0 aliphatic carbocycles. The normalized spacial score (nSPS) is 10.2. The highest BCUT2D eigenvalue weighted by molar-refractivity contribution is 7.13. The van der Waals surface area contributed by atoms with Gasteiger partial charge in [-0.2, -0.15) is 0 Å². The van der Waals surface area contributed by atoms with Crippen molar-refractivity contribution < 1.29 is 9.18 Å². The number of carbonyl (C=O) groups excluding carboxylic acids is 1. The minimum Gasteiger partial charge on any atom is -0.334 e. The van der Waals surface area contributed by atoms with Crippen LogP contribution in [0.15, 0.2) is 29.6 Å². The summed E-state index contributed by atoms with van der Waals surface area (Å²) in [6.45, 7) is 2.28. The number of rotatable bonds is 4. The van der Waals surface area contributed by atoms with Crippen molar-refractivity contribution in [1.82, 2.24) is 10.3 Å². The number of anilines is 1. The maximum atomic E-state index is 12.9. The van der Waals surface area contributed by atoms with Crippen molar-refractivity contribution in [2.75, 3.05) is 5.32 Å². The molecule has 0 radical (unpaired) electrons. The van der Waals surface area contributed by atoms with Gasteiger partial charge in [0.15, 0.2) is 5.13 Å². The number of carbonyl (C=O) groups is 1. The zero-order valence-corrected chi connectivity index (χ0v) is 11.3. The molecule has 1 heterocycles. The van der Waals surface area contributed by atoms with Crippen molar-refractivity contribution >= 4 is 22.5 Å². The predicted molar refractivity (Wildman–Crippen MR) is 73.8 cm³/mol. The van der Waals surface area contributed by atoms with Crippen LogP contribution in [0.25, 0.3) is 0 Å². The quantitative estimate of drug-likeness (QED) is 0.903. The fourth-order valence-corrected chi connectivity index (χ4v) is 2.29. The fourth-order valence-electron chi connectivity index (χ4n) is 1.50. The molecule has 0 aliphatic rings. The van der Waals surface area contributed by atoms with E-state index in [2.05, 4.69) is 15.6 Å². The third-order valence-corrected chi connectivity index (χ3v) is 3.28. The molecule has 0 unspecified atom stereocenters. The number of halogens is 1. The zero-order valence-electron chi connectivity index (χ0n) is 10.4. The van der Waals surface area contributed by atoms with Crippen LogP contribution in [0, 0.1) is 5.82 Å². The Kier molecular flexibility index (Phi) is 4.46. The van der Waals surface area contributed by atoms with Crippen molar-refractivity contribution in [3.8, 4) is 0 Å². The van der Waals surface area contributed by atoms with Crippen LogP contribution >= 0.6 is 11.3 Å². The number of hydrogen-bond acceptors (Lipinski definition) is 3. The second-order valence-electron chi connectivity index (χ2n) is 3.94. The lowest BCUT2D eigenvalue weighted by Gasteiger charge is -2.05. The van der Waals surface area contributed by atoms with Crippen molar-refractivity contribution in [2.24, 2.45) is 0 Å². The summed E-state index contributed by atoms with van der Waals surface area (Å²) in [6.07, 6.45) is 0.836. The average Bonchev–Trinajstić information content (AvgIpc) is 2.84. The summed E-state index contributed by atoms with van der Waals surface area (Å²) in [7, 11) is 0. The molecule has 0 fully saturated rings. The highest BCUT2D eigenvalue weighted by atomic mass is 32.1. The summed E-state index contributed by atoms with van der Waals surface area (Å²) in [6, 6.07) is 5.77. The first kappa shape index (κ1) is 13.5. The Bertz CT molecular complexity index is 571. The SMILES string of the molecule is CCc1csc(NC(=O)NCc2cccc(F)c2)n1. The Labute approximate surface area is 114 Å². The van der Waals surface area contributed by atoms with Crippen molar-refractivity contribution in [2.45, 2.75) is 19.9 Å². The molecule has 6 heteroatoms. The van der Waals surface area contributed by atoms with Crippen LogP contribution in [0.2, 0.25) is 0 Å². The Hall–Kier alpha value is -1.95. The standard InChI is InChI=1S/C13H14FN3OS/c1-2-11-8-19-13(16-11)17-12(18)15-7-9-4-3-5-10(14)6-9/h3-6,8H,2,7H2,1H3,(H2,15,16,17,18). The van der Waals surface area contributed by atoms with Crippen LogP contribution in [-0.4, -0.2) is 11.0 Å². The van der Waals surface area contributed by atoms with Gasteiger partial charge in [-0.3, -0.25) is 5.32 Å². The molecule has 0 saturated carbocycles. The molecule has 0 saturated heterocycles.